The molecule has 0 N–H and O–H groups in total. The van der Waals surface area contributed by atoms with Crippen LogP contribution in [0.15, 0.2) is 12.7 Å². The molecule has 0 aliphatic carbocycles. The van der Waals surface area contributed by atoms with Gasteiger partial charge in [0.25, 0.3) is 0 Å². The molecule has 1 aliphatic heterocycles. The Labute approximate surface area is 63.7 Å². The lowest BCUT2D eigenvalue weighted by atomic mass is 10.2. The van der Waals surface area contributed by atoms with Crippen LogP contribution in [0, 0.1) is 0 Å². The standard InChI is InChI=1S/C9H17N/c1-3-9(4-2)10-7-5-6-8-10/h3,9H,1,4-8H2,2H3. The van der Waals surface area contributed by atoms with Gasteiger partial charge in [-0.3, -0.25) is 4.90 Å². The first-order valence-corrected chi connectivity index (χ1v) is 4.25. The Kier molecular flexibility index (Phi) is 2.94. The fourth-order valence-electron chi connectivity index (χ4n) is 1.65. The average molecular weight is 139 g/mol. The first-order chi connectivity index (χ1) is 4.88. The summed E-state index contributed by atoms with van der Waals surface area (Å²) < 4.78 is 0. The van der Waals surface area contributed by atoms with Gasteiger partial charge < -0.3 is 0 Å². The van der Waals surface area contributed by atoms with Gasteiger partial charge in [0, 0.05) is 6.04 Å². The summed E-state index contributed by atoms with van der Waals surface area (Å²) in [5, 5.41) is 0. The van der Waals surface area contributed by atoms with Crippen molar-refractivity contribution in [2.75, 3.05) is 13.1 Å². The Morgan fingerprint density at radius 2 is 2.10 bits per heavy atom. The Hall–Kier alpha value is -0.300. The molecule has 0 aromatic carbocycles. The number of hydrogen-bond acceptors (Lipinski definition) is 1. The molecular weight excluding hydrogens is 122 g/mol. The Balaban J connectivity index is 2.36. The molecule has 0 saturated carbocycles. The van der Waals surface area contributed by atoms with Crippen LogP contribution in [-0.4, -0.2) is 24.0 Å². The Morgan fingerprint density at radius 1 is 1.50 bits per heavy atom. The molecule has 1 heteroatoms. The van der Waals surface area contributed by atoms with Crippen LogP contribution < -0.4 is 0 Å². The summed E-state index contributed by atoms with van der Waals surface area (Å²) in [5.74, 6) is 0. The number of hydrogen-bond donors (Lipinski definition) is 0. The molecule has 0 aromatic heterocycles. The molecule has 1 rings (SSSR count). The molecule has 1 heterocycles. The van der Waals surface area contributed by atoms with Crippen molar-refractivity contribution in [1.29, 1.82) is 0 Å². The van der Waals surface area contributed by atoms with Crippen LogP contribution in [0.2, 0.25) is 0 Å². The second-order valence-corrected chi connectivity index (χ2v) is 2.95. The lowest BCUT2D eigenvalue weighted by molar-refractivity contribution is 0.278. The average Bonchev–Trinajstić information content (AvgIpc) is 2.43. The first-order valence-electron chi connectivity index (χ1n) is 4.25. The third-order valence-corrected chi connectivity index (χ3v) is 2.30. The monoisotopic (exact) mass is 139 g/mol. The van der Waals surface area contributed by atoms with E-state index in [9.17, 15) is 0 Å². The SMILES string of the molecule is C=CC(CC)N1CCCC1. The smallest absolute Gasteiger partial charge is 0.0272 e. The van der Waals surface area contributed by atoms with Crippen LogP contribution in [0.5, 0.6) is 0 Å². The minimum Gasteiger partial charge on any atom is -0.297 e. The maximum absolute atomic E-state index is 3.83. The third-order valence-electron chi connectivity index (χ3n) is 2.30. The largest absolute Gasteiger partial charge is 0.297 e. The van der Waals surface area contributed by atoms with Crippen molar-refractivity contribution in [3.8, 4) is 0 Å². The fraction of sp³-hybridized carbons (Fsp3) is 0.778. The highest BCUT2D eigenvalue weighted by Crippen LogP contribution is 2.13. The summed E-state index contributed by atoms with van der Waals surface area (Å²) in [7, 11) is 0. The molecule has 1 aliphatic rings. The van der Waals surface area contributed by atoms with Crippen LogP contribution in [-0.2, 0) is 0 Å². The molecule has 58 valence electrons. The summed E-state index contributed by atoms with van der Waals surface area (Å²) in [5.41, 5.74) is 0. The van der Waals surface area contributed by atoms with Gasteiger partial charge in [-0.25, -0.2) is 0 Å². The molecule has 0 radical (unpaired) electrons. The zero-order chi connectivity index (χ0) is 7.40. The van der Waals surface area contributed by atoms with E-state index >= 15 is 0 Å². The number of rotatable bonds is 3. The van der Waals surface area contributed by atoms with Gasteiger partial charge >= 0.3 is 0 Å². The van der Waals surface area contributed by atoms with Crippen LogP contribution in [0.1, 0.15) is 26.2 Å². The van der Waals surface area contributed by atoms with E-state index in [0.29, 0.717) is 6.04 Å². The van der Waals surface area contributed by atoms with Gasteiger partial charge in [-0.05, 0) is 32.4 Å². The van der Waals surface area contributed by atoms with E-state index in [1.54, 1.807) is 0 Å². The lowest BCUT2D eigenvalue weighted by Crippen LogP contribution is -2.29. The summed E-state index contributed by atoms with van der Waals surface area (Å²) in [6.07, 6.45) is 6.05. The predicted molar refractivity (Wildman–Crippen MR) is 45.1 cm³/mol. The molecule has 0 bridgehead atoms. The van der Waals surface area contributed by atoms with Crippen molar-refractivity contribution in [3.05, 3.63) is 12.7 Å². The Bertz CT molecular complexity index is 103. The zero-order valence-electron chi connectivity index (χ0n) is 6.84. The van der Waals surface area contributed by atoms with E-state index in [4.69, 9.17) is 0 Å². The van der Waals surface area contributed by atoms with Crippen molar-refractivity contribution >= 4 is 0 Å². The fourth-order valence-corrected chi connectivity index (χ4v) is 1.65. The minimum absolute atomic E-state index is 0.641. The van der Waals surface area contributed by atoms with Crippen molar-refractivity contribution in [2.45, 2.75) is 32.2 Å². The number of nitrogens with zero attached hydrogens (tertiary/aromatic N) is 1. The van der Waals surface area contributed by atoms with Gasteiger partial charge in [0.05, 0.1) is 0 Å². The summed E-state index contributed by atoms with van der Waals surface area (Å²) in [6, 6.07) is 0.641. The second kappa shape index (κ2) is 3.77. The van der Waals surface area contributed by atoms with Crippen LogP contribution >= 0.6 is 0 Å². The van der Waals surface area contributed by atoms with Gasteiger partial charge in [0.1, 0.15) is 0 Å². The molecule has 0 aromatic rings. The molecule has 10 heavy (non-hydrogen) atoms. The highest BCUT2D eigenvalue weighted by molar-refractivity contribution is 4.88. The predicted octanol–water partition coefficient (Wildman–Crippen LogP) is 2.05. The topological polar surface area (TPSA) is 3.24 Å². The summed E-state index contributed by atoms with van der Waals surface area (Å²) >= 11 is 0. The van der Waals surface area contributed by atoms with Crippen LogP contribution in [0.4, 0.5) is 0 Å². The molecule has 1 saturated heterocycles. The van der Waals surface area contributed by atoms with E-state index in [1.165, 1.54) is 32.4 Å². The highest BCUT2D eigenvalue weighted by atomic mass is 15.2. The summed E-state index contributed by atoms with van der Waals surface area (Å²) in [4.78, 5) is 2.52. The van der Waals surface area contributed by atoms with Gasteiger partial charge in [-0.1, -0.05) is 13.0 Å². The van der Waals surface area contributed by atoms with Crippen molar-refractivity contribution < 1.29 is 0 Å². The van der Waals surface area contributed by atoms with E-state index < -0.39 is 0 Å². The van der Waals surface area contributed by atoms with Crippen LogP contribution in [0.25, 0.3) is 0 Å². The maximum Gasteiger partial charge on any atom is 0.0272 e. The molecule has 1 fully saturated rings. The van der Waals surface area contributed by atoms with E-state index in [2.05, 4.69) is 24.5 Å². The second-order valence-electron chi connectivity index (χ2n) is 2.95. The lowest BCUT2D eigenvalue weighted by Gasteiger charge is -2.22. The molecular formula is C9H17N. The van der Waals surface area contributed by atoms with E-state index in [0.717, 1.165) is 0 Å². The Morgan fingerprint density at radius 3 is 2.50 bits per heavy atom. The minimum atomic E-state index is 0.641. The first kappa shape index (κ1) is 7.80. The van der Waals surface area contributed by atoms with Gasteiger partial charge in [0.15, 0.2) is 0 Å². The zero-order valence-corrected chi connectivity index (χ0v) is 6.84. The number of likely N-dealkylation sites (tertiary alicyclic amines) is 1. The summed E-state index contributed by atoms with van der Waals surface area (Å²) in [6.45, 7) is 8.63. The van der Waals surface area contributed by atoms with Crippen molar-refractivity contribution in [2.24, 2.45) is 0 Å². The highest BCUT2D eigenvalue weighted by Gasteiger charge is 2.16. The molecule has 1 nitrogen and oxygen atoms in total. The van der Waals surface area contributed by atoms with Crippen LogP contribution in [0.3, 0.4) is 0 Å². The molecule has 1 unspecified atom stereocenters. The van der Waals surface area contributed by atoms with Gasteiger partial charge in [-0.2, -0.15) is 0 Å². The maximum atomic E-state index is 3.83. The quantitative estimate of drug-likeness (QED) is 0.541. The van der Waals surface area contributed by atoms with E-state index in [1.807, 2.05) is 0 Å². The van der Waals surface area contributed by atoms with Gasteiger partial charge in [-0.15, -0.1) is 6.58 Å². The molecule has 1 atom stereocenters. The molecule has 0 spiro atoms. The normalized spacial score (nSPS) is 22.9. The van der Waals surface area contributed by atoms with Crippen molar-refractivity contribution in [1.82, 2.24) is 4.90 Å². The molecule has 0 amide bonds. The third kappa shape index (κ3) is 1.60. The van der Waals surface area contributed by atoms with Gasteiger partial charge in [0.2, 0.25) is 0 Å². The van der Waals surface area contributed by atoms with Crippen molar-refractivity contribution in [3.63, 3.8) is 0 Å². The van der Waals surface area contributed by atoms with E-state index in [-0.39, 0.29) is 0 Å².